The Morgan fingerprint density at radius 2 is 2.11 bits per heavy atom. The molecule has 6 heteroatoms. The van der Waals surface area contributed by atoms with Gasteiger partial charge < -0.3 is 10.2 Å². The van der Waals surface area contributed by atoms with Crippen molar-refractivity contribution in [2.24, 2.45) is 0 Å². The van der Waals surface area contributed by atoms with Crippen LogP contribution in [0.2, 0.25) is 5.02 Å². The molecule has 1 fully saturated rings. The van der Waals surface area contributed by atoms with Gasteiger partial charge in [-0.2, -0.15) is 13.2 Å². The van der Waals surface area contributed by atoms with Crippen molar-refractivity contribution in [2.75, 3.05) is 24.5 Å². The van der Waals surface area contributed by atoms with Crippen LogP contribution >= 0.6 is 11.6 Å². The summed E-state index contributed by atoms with van der Waals surface area (Å²) in [6, 6.07) is 3.58. The lowest BCUT2D eigenvalue weighted by atomic mass is 10.1. The summed E-state index contributed by atoms with van der Waals surface area (Å²) in [7, 11) is 0. The fraction of sp³-hybridized carbons (Fsp3) is 0.500. The molecule has 0 bridgehead atoms. The molecule has 18 heavy (non-hydrogen) atoms. The van der Waals surface area contributed by atoms with E-state index in [0.717, 1.165) is 25.2 Å². The third kappa shape index (κ3) is 2.72. The normalized spacial score (nSPS) is 21.2. The Labute approximate surface area is 109 Å². The van der Waals surface area contributed by atoms with E-state index in [-0.39, 0.29) is 6.04 Å². The average Bonchev–Trinajstić information content (AvgIpc) is 2.29. The molecular weight excluding hydrogens is 265 g/mol. The second-order valence-corrected chi connectivity index (χ2v) is 4.82. The van der Waals surface area contributed by atoms with Gasteiger partial charge in [0, 0.05) is 25.7 Å². The van der Waals surface area contributed by atoms with Crippen LogP contribution in [0.3, 0.4) is 0 Å². The molecular formula is C12H14ClF3N2. The first-order valence-corrected chi connectivity index (χ1v) is 6.11. The lowest BCUT2D eigenvalue weighted by molar-refractivity contribution is -0.137. The molecule has 1 aromatic rings. The van der Waals surface area contributed by atoms with Crippen LogP contribution in [-0.4, -0.2) is 25.7 Å². The van der Waals surface area contributed by atoms with E-state index in [2.05, 4.69) is 5.32 Å². The van der Waals surface area contributed by atoms with Crippen molar-refractivity contribution in [3.8, 4) is 0 Å². The van der Waals surface area contributed by atoms with Crippen molar-refractivity contribution < 1.29 is 13.2 Å². The Balaban J connectivity index is 2.37. The fourth-order valence-electron chi connectivity index (χ4n) is 2.11. The van der Waals surface area contributed by atoms with Crippen LogP contribution < -0.4 is 10.2 Å². The number of nitrogens with zero attached hydrogens (tertiary/aromatic N) is 1. The lowest BCUT2D eigenvalue weighted by Crippen LogP contribution is -2.50. The number of hydrogen-bond acceptors (Lipinski definition) is 2. The largest absolute Gasteiger partial charge is 0.416 e. The molecule has 1 N–H and O–H groups in total. The minimum Gasteiger partial charge on any atom is -0.365 e. The van der Waals surface area contributed by atoms with Crippen molar-refractivity contribution in [3.63, 3.8) is 0 Å². The van der Waals surface area contributed by atoms with E-state index < -0.39 is 11.7 Å². The van der Waals surface area contributed by atoms with Gasteiger partial charge in [0.05, 0.1) is 16.3 Å². The third-order valence-electron chi connectivity index (χ3n) is 3.08. The van der Waals surface area contributed by atoms with E-state index >= 15 is 0 Å². The summed E-state index contributed by atoms with van der Waals surface area (Å²) in [5.41, 5.74) is -0.201. The Hall–Kier alpha value is -0.940. The van der Waals surface area contributed by atoms with E-state index in [1.54, 1.807) is 0 Å². The van der Waals surface area contributed by atoms with Crippen LogP contribution in [-0.2, 0) is 6.18 Å². The maximum Gasteiger partial charge on any atom is 0.416 e. The third-order valence-corrected chi connectivity index (χ3v) is 3.40. The fourth-order valence-corrected chi connectivity index (χ4v) is 2.33. The van der Waals surface area contributed by atoms with Gasteiger partial charge in [0.25, 0.3) is 0 Å². The van der Waals surface area contributed by atoms with Crippen LogP contribution in [0.15, 0.2) is 18.2 Å². The summed E-state index contributed by atoms with van der Waals surface area (Å²) in [6.45, 7) is 4.11. The average molecular weight is 279 g/mol. The van der Waals surface area contributed by atoms with E-state index in [9.17, 15) is 13.2 Å². The minimum absolute atomic E-state index is 0.125. The molecule has 0 amide bonds. The van der Waals surface area contributed by atoms with Gasteiger partial charge >= 0.3 is 6.18 Å². The second kappa shape index (κ2) is 4.97. The second-order valence-electron chi connectivity index (χ2n) is 4.41. The van der Waals surface area contributed by atoms with Crippen LogP contribution in [0.25, 0.3) is 0 Å². The van der Waals surface area contributed by atoms with Gasteiger partial charge in [-0.25, -0.2) is 0 Å². The summed E-state index contributed by atoms with van der Waals surface area (Å²) < 4.78 is 38.1. The summed E-state index contributed by atoms with van der Waals surface area (Å²) in [5.74, 6) is 0. The molecule has 1 aliphatic heterocycles. The first-order valence-electron chi connectivity index (χ1n) is 5.73. The van der Waals surface area contributed by atoms with Gasteiger partial charge in [0.15, 0.2) is 0 Å². The number of hydrogen-bond donors (Lipinski definition) is 1. The molecule has 1 atom stereocenters. The number of benzene rings is 1. The number of halogens is 4. The molecule has 0 saturated carbocycles. The zero-order valence-corrected chi connectivity index (χ0v) is 10.6. The van der Waals surface area contributed by atoms with Crippen LogP contribution in [0, 0.1) is 0 Å². The highest BCUT2D eigenvalue weighted by molar-refractivity contribution is 6.33. The van der Waals surface area contributed by atoms with Gasteiger partial charge in [0.1, 0.15) is 0 Å². The van der Waals surface area contributed by atoms with Crippen LogP contribution in [0.1, 0.15) is 12.5 Å². The molecule has 1 saturated heterocycles. The number of alkyl halides is 3. The molecule has 1 aromatic carbocycles. The smallest absolute Gasteiger partial charge is 0.365 e. The maximum atomic E-state index is 12.7. The molecule has 0 spiro atoms. The standard InChI is InChI=1S/C12H14ClF3N2/c1-8-7-17-4-5-18(8)11-6-9(12(14,15)16)2-3-10(11)13/h2-3,6,8,17H,4-5,7H2,1H3/t8-/m0/s1. The Morgan fingerprint density at radius 3 is 2.72 bits per heavy atom. The monoisotopic (exact) mass is 278 g/mol. The molecule has 0 aliphatic carbocycles. The maximum absolute atomic E-state index is 12.7. The van der Waals surface area contributed by atoms with Crippen molar-refractivity contribution >= 4 is 17.3 Å². The van der Waals surface area contributed by atoms with Crippen LogP contribution in [0.4, 0.5) is 18.9 Å². The Bertz CT molecular complexity index is 434. The highest BCUT2D eigenvalue weighted by atomic mass is 35.5. The summed E-state index contributed by atoms with van der Waals surface area (Å²) in [5, 5.41) is 3.55. The first-order chi connectivity index (χ1) is 8.39. The van der Waals surface area contributed by atoms with Crippen LogP contribution in [0.5, 0.6) is 0 Å². The predicted molar refractivity (Wildman–Crippen MR) is 66.1 cm³/mol. The van der Waals surface area contributed by atoms with Crippen molar-refractivity contribution in [3.05, 3.63) is 28.8 Å². The molecule has 0 radical (unpaired) electrons. The Morgan fingerprint density at radius 1 is 1.39 bits per heavy atom. The molecule has 2 nitrogen and oxygen atoms in total. The molecule has 100 valence electrons. The van der Waals surface area contributed by atoms with Gasteiger partial charge in [-0.1, -0.05) is 11.6 Å². The lowest BCUT2D eigenvalue weighted by Gasteiger charge is -2.36. The molecule has 1 heterocycles. The van der Waals surface area contributed by atoms with Gasteiger partial charge in [-0.15, -0.1) is 0 Å². The summed E-state index contributed by atoms with van der Waals surface area (Å²) >= 11 is 6.02. The van der Waals surface area contributed by atoms with Gasteiger partial charge in [-0.3, -0.25) is 0 Å². The molecule has 1 aliphatic rings. The predicted octanol–water partition coefficient (Wildman–Crippen LogP) is 3.16. The number of piperazine rings is 1. The Kier molecular flexibility index (Phi) is 3.73. The number of anilines is 1. The van der Waals surface area contributed by atoms with Crippen molar-refractivity contribution in [2.45, 2.75) is 19.1 Å². The highest BCUT2D eigenvalue weighted by Crippen LogP contribution is 2.36. The minimum atomic E-state index is -4.34. The first kappa shape index (κ1) is 13.5. The van der Waals surface area contributed by atoms with E-state index in [0.29, 0.717) is 17.3 Å². The van der Waals surface area contributed by atoms with Gasteiger partial charge in [0.2, 0.25) is 0 Å². The zero-order valence-electron chi connectivity index (χ0n) is 9.89. The quantitative estimate of drug-likeness (QED) is 0.849. The topological polar surface area (TPSA) is 15.3 Å². The SMILES string of the molecule is C[C@H]1CNCCN1c1cc(C(F)(F)F)ccc1Cl. The van der Waals surface area contributed by atoms with Crippen molar-refractivity contribution in [1.82, 2.24) is 5.32 Å². The zero-order chi connectivity index (χ0) is 13.3. The van der Waals surface area contributed by atoms with E-state index in [1.165, 1.54) is 6.07 Å². The van der Waals surface area contributed by atoms with E-state index in [4.69, 9.17) is 11.6 Å². The van der Waals surface area contributed by atoms with Crippen molar-refractivity contribution in [1.29, 1.82) is 0 Å². The molecule has 2 rings (SSSR count). The summed E-state index contributed by atoms with van der Waals surface area (Å²) in [4.78, 5) is 1.91. The molecule has 0 unspecified atom stereocenters. The van der Waals surface area contributed by atoms with Gasteiger partial charge in [-0.05, 0) is 25.1 Å². The highest BCUT2D eigenvalue weighted by Gasteiger charge is 2.32. The summed E-state index contributed by atoms with van der Waals surface area (Å²) in [6.07, 6.45) is -4.34. The number of rotatable bonds is 1. The number of nitrogens with one attached hydrogen (secondary N) is 1. The molecule has 0 aromatic heterocycles. The van der Waals surface area contributed by atoms with E-state index in [1.807, 2.05) is 11.8 Å².